The highest BCUT2D eigenvalue weighted by Gasteiger charge is 2.15. The molecule has 0 saturated carbocycles. The Kier molecular flexibility index (Phi) is 5.39. The highest BCUT2D eigenvalue weighted by molar-refractivity contribution is 7.89. The monoisotopic (exact) mass is 372 g/mol. The molecule has 0 atom stereocenters. The van der Waals surface area contributed by atoms with E-state index < -0.39 is 16.0 Å². The van der Waals surface area contributed by atoms with E-state index in [1.165, 1.54) is 24.3 Å². The molecule has 0 aliphatic carbocycles. The number of fused-ring (bicyclic) bond motifs is 1. The molecule has 0 aliphatic heterocycles. The van der Waals surface area contributed by atoms with Gasteiger partial charge in [0.25, 0.3) is 0 Å². The van der Waals surface area contributed by atoms with Gasteiger partial charge in [0.15, 0.2) is 0 Å². The lowest BCUT2D eigenvalue weighted by Crippen LogP contribution is -2.26. The fourth-order valence-corrected chi connectivity index (χ4v) is 3.76. The number of hydrogen-bond acceptors (Lipinski definition) is 4. The molecular weight excluding hydrogens is 352 g/mol. The molecule has 0 unspecified atom stereocenters. The van der Waals surface area contributed by atoms with Gasteiger partial charge in [-0.25, -0.2) is 17.9 Å². The van der Waals surface area contributed by atoms with Crippen molar-refractivity contribution in [3.8, 4) is 0 Å². The molecule has 1 heterocycles. The molecule has 2 N–H and O–H groups in total. The molecule has 0 fully saturated rings. The summed E-state index contributed by atoms with van der Waals surface area (Å²) in [5, 5.41) is 1.09. The zero-order valence-electron chi connectivity index (χ0n) is 14.4. The second-order valence-corrected chi connectivity index (χ2v) is 7.52. The number of sulfonamides is 1. The lowest BCUT2D eigenvalue weighted by Gasteiger charge is -2.07. The fourth-order valence-electron chi connectivity index (χ4n) is 2.73. The first-order chi connectivity index (χ1) is 12.5. The van der Waals surface area contributed by atoms with Gasteiger partial charge < -0.3 is 9.72 Å². The summed E-state index contributed by atoms with van der Waals surface area (Å²) in [6.07, 6.45) is 2.47. The fraction of sp³-hybridized carbons (Fsp3) is 0.211. The quantitative estimate of drug-likeness (QED) is 0.624. The molecule has 3 aromatic rings. The molecule has 0 bridgehead atoms. The van der Waals surface area contributed by atoms with Gasteiger partial charge in [0.05, 0.1) is 17.1 Å². The number of para-hydroxylation sites is 1. The van der Waals surface area contributed by atoms with Crippen molar-refractivity contribution >= 4 is 26.9 Å². The second-order valence-electron chi connectivity index (χ2n) is 5.75. The second kappa shape index (κ2) is 7.72. The van der Waals surface area contributed by atoms with E-state index in [9.17, 15) is 13.2 Å². The zero-order chi connectivity index (χ0) is 18.6. The minimum atomic E-state index is -3.63. The van der Waals surface area contributed by atoms with Crippen LogP contribution in [0, 0.1) is 0 Å². The minimum Gasteiger partial charge on any atom is -0.462 e. The molecular formula is C19H20N2O4S. The molecule has 0 aliphatic rings. The van der Waals surface area contributed by atoms with Crippen LogP contribution in [-0.2, 0) is 21.2 Å². The van der Waals surface area contributed by atoms with E-state index in [4.69, 9.17) is 4.74 Å². The number of hydrogen-bond donors (Lipinski definition) is 2. The highest BCUT2D eigenvalue weighted by atomic mass is 32.2. The number of carbonyl (C=O) groups is 1. The lowest BCUT2D eigenvalue weighted by atomic mass is 10.1. The standard InChI is InChI=1S/C19H20N2O4S/c1-2-25-19(22)14-7-9-16(10-8-14)26(23,24)21-12-11-15-13-20-18-6-4-3-5-17(15)18/h3-10,13,20-21H,2,11-12H2,1H3. The van der Waals surface area contributed by atoms with Gasteiger partial charge in [-0.2, -0.15) is 0 Å². The van der Waals surface area contributed by atoms with Gasteiger partial charge in [0, 0.05) is 23.6 Å². The average Bonchev–Trinajstić information content (AvgIpc) is 3.05. The van der Waals surface area contributed by atoms with E-state index in [-0.39, 0.29) is 18.0 Å². The topological polar surface area (TPSA) is 88.3 Å². The molecule has 26 heavy (non-hydrogen) atoms. The predicted molar refractivity (Wildman–Crippen MR) is 99.6 cm³/mol. The van der Waals surface area contributed by atoms with Gasteiger partial charge in [-0.1, -0.05) is 18.2 Å². The van der Waals surface area contributed by atoms with Gasteiger partial charge in [0.1, 0.15) is 0 Å². The van der Waals surface area contributed by atoms with Crippen LogP contribution < -0.4 is 4.72 Å². The number of carbonyl (C=O) groups excluding carboxylic acids is 1. The van der Waals surface area contributed by atoms with Crippen LogP contribution in [-0.4, -0.2) is 32.5 Å². The minimum absolute atomic E-state index is 0.115. The summed E-state index contributed by atoms with van der Waals surface area (Å²) in [7, 11) is -3.63. The van der Waals surface area contributed by atoms with Crippen LogP contribution in [0.1, 0.15) is 22.8 Å². The number of aromatic amines is 1. The number of H-pyrrole nitrogens is 1. The molecule has 6 nitrogen and oxygen atoms in total. The number of aromatic nitrogens is 1. The molecule has 1 aromatic heterocycles. The Morgan fingerprint density at radius 2 is 1.85 bits per heavy atom. The third-order valence-corrected chi connectivity index (χ3v) is 5.51. The van der Waals surface area contributed by atoms with Crippen molar-refractivity contribution in [2.75, 3.05) is 13.2 Å². The molecule has 0 spiro atoms. The maximum Gasteiger partial charge on any atom is 0.338 e. The van der Waals surface area contributed by atoms with Crippen LogP contribution in [0.25, 0.3) is 10.9 Å². The van der Waals surface area contributed by atoms with Crippen molar-refractivity contribution in [1.82, 2.24) is 9.71 Å². The van der Waals surface area contributed by atoms with E-state index in [2.05, 4.69) is 9.71 Å². The largest absolute Gasteiger partial charge is 0.462 e. The smallest absolute Gasteiger partial charge is 0.338 e. The zero-order valence-corrected chi connectivity index (χ0v) is 15.2. The van der Waals surface area contributed by atoms with E-state index in [1.54, 1.807) is 6.92 Å². The summed E-state index contributed by atoms with van der Waals surface area (Å²) < 4.78 is 32.3. The summed E-state index contributed by atoms with van der Waals surface area (Å²) in [5.74, 6) is -0.469. The van der Waals surface area contributed by atoms with Crippen molar-refractivity contribution in [3.63, 3.8) is 0 Å². The van der Waals surface area contributed by atoms with Gasteiger partial charge >= 0.3 is 5.97 Å². The summed E-state index contributed by atoms with van der Waals surface area (Å²) in [6.45, 7) is 2.27. The third kappa shape index (κ3) is 3.95. The van der Waals surface area contributed by atoms with Crippen LogP contribution in [0.5, 0.6) is 0 Å². The number of ether oxygens (including phenoxy) is 1. The van der Waals surface area contributed by atoms with E-state index >= 15 is 0 Å². The Bertz CT molecular complexity index is 1010. The van der Waals surface area contributed by atoms with Crippen LogP contribution in [0.3, 0.4) is 0 Å². The van der Waals surface area contributed by atoms with Crippen molar-refractivity contribution < 1.29 is 17.9 Å². The predicted octanol–water partition coefficient (Wildman–Crippen LogP) is 2.87. The average molecular weight is 372 g/mol. The van der Waals surface area contributed by atoms with Gasteiger partial charge in [-0.3, -0.25) is 0 Å². The molecule has 0 saturated heterocycles. The normalized spacial score (nSPS) is 11.6. The molecule has 7 heteroatoms. The molecule has 2 aromatic carbocycles. The number of benzene rings is 2. The Labute approximate surface area is 152 Å². The number of esters is 1. The van der Waals surface area contributed by atoms with Crippen LogP contribution in [0.2, 0.25) is 0 Å². The first kappa shape index (κ1) is 18.2. The first-order valence-electron chi connectivity index (χ1n) is 8.33. The van der Waals surface area contributed by atoms with Gasteiger partial charge in [-0.15, -0.1) is 0 Å². The Morgan fingerprint density at radius 1 is 1.12 bits per heavy atom. The van der Waals surface area contributed by atoms with Crippen LogP contribution in [0.4, 0.5) is 0 Å². The Hall–Kier alpha value is -2.64. The third-order valence-electron chi connectivity index (χ3n) is 4.04. The summed E-state index contributed by atoms with van der Waals surface area (Å²) in [6, 6.07) is 13.6. The number of rotatable bonds is 7. The first-order valence-corrected chi connectivity index (χ1v) is 9.81. The van der Waals surface area contributed by atoms with Crippen molar-refractivity contribution in [3.05, 3.63) is 65.9 Å². The highest BCUT2D eigenvalue weighted by Crippen LogP contribution is 2.18. The van der Waals surface area contributed by atoms with E-state index in [0.717, 1.165) is 16.5 Å². The Morgan fingerprint density at radius 3 is 2.58 bits per heavy atom. The summed E-state index contributed by atoms with van der Waals surface area (Å²) in [4.78, 5) is 14.9. The van der Waals surface area contributed by atoms with E-state index in [0.29, 0.717) is 12.0 Å². The molecule has 0 amide bonds. The van der Waals surface area contributed by atoms with Crippen molar-refractivity contribution in [1.29, 1.82) is 0 Å². The van der Waals surface area contributed by atoms with Gasteiger partial charge in [0.2, 0.25) is 10.0 Å². The lowest BCUT2D eigenvalue weighted by molar-refractivity contribution is 0.0526. The molecule has 3 rings (SSSR count). The van der Waals surface area contributed by atoms with E-state index in [1.807, 2.05) is 30.5 Å². The maximum atomic E-state index is 12.4. The SMILES string of the molecule is CCOC(=O)c1ccc(S(=O)(=O)NCCc2c[nH]c3ccccc23)cc1. The van der Waals surface area contributed by atoms with Crippen molar-refractivity contribution in [2.45, 2.75) is 18.2 Å². The number of nitrogens with one attached hydrogen (secondary N) is 2. The Balaban J connectivity index is 1.64. The summed E-state index contributed by atoms with van der Waals surface area (Å²) >= 11 is 0. The summed E-state index contributed by atoms with van der Waals surface area (Å²) in [5.41, 5.74) is 2.41. The van der Waals surface area contributed by atoms with Gasteiger partial charge in [-0.05, 0) is 49.2 Å². The maximum absolute atomic E-state index is 12.4. The van der Waals surface area contributed by atoms with Crippen LogP contribution in [0.15, 0.2) is 59.6 Å². The molecule has 0 radical (unpaired) electrons. The van der Waals surface area contributed by atoms with Crippen LogP contribution >= 0.6 is 0 Å². The molecule has 136 valence electrons. The van der Waals surface area contributed by atoms with Crippen molar-refractivity contribution in [2.24, 2.45) is 0 Å².